The largest absolute Gasteiger partial charge is 0.480 e. The van der Waals surface area contributed by atoms with Crippen molar-refractivity contribution in [3.05, 3.63) is 24.3 Å². The molecule has 0 radical (unpaired) electrons. The summed E-state index contributed by atoms with van der Waals surface area (Å²) in [5.74, 6) is -1.28. The normalized spacial score (nSPS) is 13.8. The molecule has 3 N–H and O–H groups in total. The van der Waals surface area contributed by atoms with Crippen LogP contribution in [0, 0.1) is 0 Å². The van der Waals surface area contributed by atoms with Gasteiger partial charge in [0.05, 0.1) is 9.79 Å². The van der Waals surface area contributed by atoms with Gasteiger partial charge in [-0.2, -0.15) is 4.72 Å². The molecule has 0 spiro atoms. The molecule has 0 bridgehead atoms. The highest BCUT2D eigenvalue weighted by Gasteiger charge is 2.24. The van der Waals surface area contributed by atoms with Gasteiger partial charge in [0.1, 0.15) is 6.04 Å². The molecule has 0 saturated carbocycles. The van der Waals surface area contributed by atoms with Crippen molar-refractivity contribution >= 4 is 26.0 Å². The van der Waals surface area contributed by atoms with Gasteiger partial charge in [0, 0.05) is 0 Å². The van der Waals surface area contributed by atoms with E-state index in [-0.39, 0.29) is 16.2 Å². The molecule has 1 rings (SSSR count). The van der Waals surface area contributed by atoms with Gasteiger partial charge in [-0.3, -0.25) is 4.79 Å². The van der Waals surface area contributed by atoms with Gasteiger partial charge in [-0.25, -0.2) is 21.6 Å². The van der Waals surface area contributed by atoms with Gasteiger partial charge >= 0.3 is 5.97 Å². The van der Waals surface area contributed by atoms with E-state index in [9.17, 15) is 21.6 Å². The molecule has 0 amide bonds. The van der Waals surface area contributed by atoms with Crippen molar-refractivity contribution in [3.63, 3.8) is 0 Å². The number of carboxylic acids is 1. The average molecular weight is 336 g/mol. The monoisotopic (exact) mass is 336 g/mol. The predicted molar refractivity (Wildman–Crippen MR) is 74.7 cm³/mol. The number of rotatable bonds is 7. The summed E-state index contributed by atoms with van der Waals surface area (Å²) in [7, 11) is -6.46. The van der Waals surface area contributed by atoms with E-state index in [4.69, 9.17) is 5.11 Å². The maximum absolute atomic E-state index is 12.0. The van der Waals surface area contributed by atoms with Crippen LogP contribution in [0.15, 0.2) is 34.1 Å². The SMILES string of the molecule is CC[C@@H](NS(=O)(=O)c1ccc(S(=O)(=O)NC)cc1)C(=O)O. The van der Waals surface area contributed by atoms with Crippen LogP contribution in [0.5, 0.6) is 0 Å². The first-order valence-electron chi connectivity index (χ1n) is 5.92. The summed E-state index contributed by atoms with van der Waals surface area (Å²) >= 11 is 0. The summed E-state index contributed by atoms with van der Waals surface area (Å²) in [6, 6.07) is 3.21. The molecule has 0 aromatic heterocycles. The quantitative estimate of drug-likeness (QED) is 0.629. The third-order valence-electron chi connectivity index (χ3n) is 2.72. The van der Waals surface area contributed by atoms with Crippen LogP contribution in [0.3, 0.4) is 0 Å². The minimum atomic E-state index is -4.03. The summed E-state index contributed by atoms with van der Waals surface area (Å²) in [6.07, 6.45) is 0.0841. The van der Waals surface area contributed by atoms with Crippen molar-refractivity contribution in [2.24, 2.45) is 0 Å². The lowest BCUT2D eigenvalue weighted by molar-refractivity contribution is -0.139. The van der Waals surface area contributed by atoms with Crippen molar-refractivity contribution in [2.45, 2.75) is 29.2 Å². The van der Waals surface area contributed by atoms with Crippen molar-refractivity contribution in [1.29, 1.82) is 0 Å². The van der Waals surface area contributed by atoms with Crippen LogP contribution in [0.4, 0.5) is 0 Å². The summed E-state index contributed by atoms with van der Waals surface area (Å²) in [5, 5.41) is 8.85. The summed E-state index contributed by atoms with van der Waals surface area (Å²) in [6.45, 7) is 1.53. The van der Waals surface area contributed by atoms with Gasteiger partial charge in [0.2, 0.25) is 20.0 Å². The second kappa shape index (κ2) is 6.52. The topological polar surface area (TPSA) is 130 Å². The Morgan fingerprint density at radius 3 is 1.86 bits per heavy atom. The van der Waals surface area contributed by atoms with Crippen LogP contribution in [0.25, 0.3) is 0 Å². The van der Waals surface area contributed by atoms with Gasteiger partial charge in [0.15, 0.2) is 0 Å². The minimum Gasteiger partial charge on any atom is -0.480 e. The van der Waals surface area contributed by atoms with Crippen LogP contribution in [-0.4, -0.2) is 41.0 Å². The van der Waals surface area contributed by atoms with Crippen LogP contribution >= 0.6 is 0 Å². The molecule has 0 aliphatic heterocycles. The van der Waals surface area contributed by atoms with E-state index >= 15 is 0 Å². The van der Waals surface area contributed by atoms with Crippen LogP contribution < -0.4 is 9.44 Å². The number of carbonyl (C=O) groups is 1. The number of aliphatic carboxylic acids is 1. The fourth-order valence-corrected chi connectivity index (χ4v) is 3.48. The zero-order valence-electron chi connectivity index (χ0n) is 11.4. The third kappa shape index (κ3) is 4.24. The van der Waals surface area contributed by atoms with E-state index in [1.54, 1.807) is 0 Å². The Labute approximate surface area is 123 Å². The number of hydrogen-bond acceptors (Lipinski definition) is 5. The lowest BCUT2D eigenvalue weighted by Gasteiger charge is -2.13. The maximum atomic E-state index is 12.0. The highest BCUT2D eigenvalue weighted by atomic mass is 32.2. The number of sulfonamides is 2. The fourth-order valence-electron chi connectivity index (χ4n) is 1.48. The molecule has 0 fully saturated rings. The van der Waals surface area contributed by atoms with Crippen molar-refractivity contribution in [2.75, 3.05) is 7.05 Å². The third-order valence-corrected chi connectivity index (χ3v) is 5.63. The van der Waals surface area contributed by atoms with Crippen LogP contribution in [0.2, 0.25) is 0 Å². The molecule has 0 heterocycles. The second-order valence-corrected chi connectivity index (χ2v) is 7.70. The molecule has 8 nitrogen and oxygen atoms in total. The number of nitrogens with one attached hydrogen (secondary N) is 2. The molecular weight excluding hydrogens is 320 g/mol. The van der Waals surface area contributed by atoms with Crippen molar-refractivity contribution in [1.82, 2.24) is 9.44 Å². The standard InChI is InChI=1S/C11H16N2O6S2/c1-3-10(11(14)15)13-21(18,19)9-6-4-8(5-7-9)20(16,17)12-2/h4-7,10,12-13H,3H2,1-2H3,(H,14,15)/t10-/m1/s1. The molecular formula is C11H16N2O6S2. The maximum Gasteiger partial charge on any atom is 0.321 e. The highest BCUT2D eigenvalue weighted by Crippen LogP contribution is 2.14. The van der Waals surface area contributed by atoms with E-state index in [1.165, 1.54) is 14.0 Å². The molecule has 118 valence electrons. The Bertz CT molecular complexity index is 710. The molecule has 0 unspecified atom stereocenters. The summed E-state index contributed by atoms with van der Waals surface area (Å²) < 4.78 is 51.2. The van der Waals surface area contributed by atoms with Gasteiger partial charge in [-0.05, 0) is 37.7 Å². The van der Waals surface area contributed by atoms with E-state index in [0.717, 1.165) is 24.3 Å². The van der Waals surface area contributed by atoms with E-state index in [0.29, 0.717) is 0 Å². The number of benzene rings is 1. The molecule has 0 saturated heterocycles. The molecule has 1 atom stereocenters. The average Bonchev–Trinajstić information content (AvgIpc) is 2.44. The van der Waals surface area contributed by atoms with Crippen LogP contribution in [-0.2, 0) is 24.8 Å². The van der Waals surface area contributed by atoms with Gasteiger partial charge in [-0.1, -0.05) is 6.92 Å². The van der Waals surface area contributed by atoms with E-state index in [1.807, 2.05) is 4.72 Å². The van der Waals surface area contributed by atoms with Crippen molar-refractivity contribution in [3.8, 4) is 0 Å². The van der Waals surface area contributed by atoms with Gasteiger partial charge < -0.3 is 5.11 Å². The van der Waals surface area contributed by atoms with E-state index < -0.39 is 32.1 Å². The summed E-state index contributed by atoms with van der Waals surface area (Å²) in [4.78, 5) is 10.5. The highest BCUT2D eigenvalue weighted by molar-refractivity contribution is 7.90. The Morgan fingerprint density at radius 2 is 1.52 bits per heavy atom. The number of hydrogen-bond donors (Lipinski definition) is 3. The van der Waals surface area contributed by atoms with Crippen molar-refractivity contribution < 1.29 is 26.7 Å². The molecule has 0 aliphatic rings. The van der Waals surface area contributed by atoms with Gasteiger partial charge in [-0.15, -0.1) is 0 Å². The molecule has 21 heavy (non-hydrogen) atoms. The van der Waals surface area contributed by atoms with Crippen LogP contribution in [0.1, 0.15) is 13.3 Å². The number of carboxylic acid groups (broad SMARTS) is 1. The predicted octanol–water partition coefficient (Wildman–Crippen LogP) is -0.264. The molecule has 10 heteroatoms. The fraction of sp³-hybridized carbons (Fsp3) is 0.364. The first-order valence-corrected chi connectivity index (χ1v) is 8.89. The second-order valence-electron chi connectivity index (χ2n) is 4.10. The first-order chi connectivity index (χ1) is 9.64. The Morgan fingerprint density at radius 1 is 1.10 bits per heavy atom. The lowest BCUT2D eigenvalue weighted by Crippen LogP contribution is -2.40. The lowest BCUT2D eigenvalue weighted by atomic mass is 10.2. The Balaban J connectivity index is 3.09. The zero-order chi connectivity index (χ0) is 16.3. The summed E-state index contributed by atoms with van der Waals surface area (Å²) in [5.41, 5.74) is 0. The molecule has 1 aromatic carbocycles. The minimum absolute atomic E-state index is 0.0841. The van der Waals surface area contributed by atoms with E-state index in [2.05, 4.69) is 4.72 Å². The zero-order valence-corrected chi connectivity index (χ0v) is 13.0. The Kier molecular flexibility index (Phi) is 5.45. The smallest absolute Gasteiger partial charge is 0.321 e. The molecule has 1 aromatic rings. The Hall–Kier alpha value is -1.49. The molecule has 0 aliphatic carbocycles. The van der Waals surface area contributed by atoms with Gasteiger partial charge in [0.25, 0.3) is 0 Å². The first kappa shape index (κ1) is 17.6.